The largest absolute Gasteiger partial charge is 0.494 e. The number of halogens is 1. The van der Waals surface area contributed by atoms with Gasteiger partial charge in [-0.05, 0) is 57.7 Å². The topological polar surface area (TPSA) is 59.6 Å². The smallest absolute Gasteiger partial charge is 0.228 e. The molecule has 2 aliphatic heterocycles. The molecule has 5 atom stereocenters. The Bertz CT molecular complexity index is 786. The summed E-state index contributed by atoms with van der Waals surface area (Å²) in [5, 5.41) is 6.89. The highest BCUT2D eigenvalue weighted by atomic mass is 35.5. The fourth-order valence-electron chi connectivity index (χ4n) is 5.73. The molecule has 1 amide bonds. The average Bonchev–Trinajstić information content (AvgIpc) is 3.12. The van der Waals surface area contributed by atoms with Crippen molar-refractivity contribution in [3.63, 3.8) is 0 Å². The van der Waals surface area contributed by atoms with Crippen molar-refractivity contribution in [3.05, 3.63) is 23.3 Å². The van der Waals surface area contributed by atoms with E-state index in [0.29, 0.717) is 18.4 Å². The second-order valence-corrected chi connectivity index (χ2v) is 9.22. The average molecular weight is 421 g/mol. The molecule has 29 heavy (non-hydrogen) atoms. The number of hydrogen-bond donors (Lipinski definition) is 2. The van der Waals surface area contributed by atoms with Crippen molar-refractivity contribution in [3.8, 4) is 11.5 Å². The first-order chi connectivity index (χ1) is 13.6. The number of carbonyl (C=O) groups excluding carboxylic acids is 1. The van der Waals surface area contributed by atoms with Gasteiger partial charge in [-0.15, -0.1) is 12.4 Å². The van der Waals surface area contributed by atoms with Crippen LogP contribution in [-0.4, -0.2) is 37.7 Å². The molecule has 2 saturated carbocycles. The van der Waals surface area contributed by atoms with E-state index in [2.05, 4.69) is 29.7 Å². The molecule has 6 heteroatoms. The zero-order valence-electron chi connectivity index (χ0n) is 17.5. The summed E-state index contributed by atoms with van der Waals surface area (Å²) in [7, 11) is 0. The molecule has 3 unspecified atom stereocenters. The minimum atomic E-state index is -0.176. The molecule has 2 heterocycles. The number of fused-ring (bicyclic) bond motifs is 2. The van der Waals surface area contributed by atoms with Gasteiger partial charge in [-0.3, -0.25) is 4.79 Å². The molecule has 1 saturated heterocycles. The Labute approximate surface area is 179 Å². The monoisotopic (exact) mass is 420 g/mol. The molecule has 5 nitrogen and oxygen atoms in total. The second-order valence-electron chi connectivity index (χ2n) is 9.22. The maximum absolute atomic E-state index is 13.3. The molecule has 0 aromatic heterocycles. The van der Waals surface area contributed by atoms with Gasteiger partial charge in [0.25, 0.3) is 0 Å². The maximum Gasteiger partial charge on any atom is 0.228 e. The van der Waals surface area contributed by atoms with Gasteiger partial charge in [0.1, 0.15) is 17.6 Å². The zero-order valence-corrected chi connectivity index (χ0v) is 18.3. The summed E-state index contributed by atoms with van der Waals surface area (Å²) in [5.41, 5.74) is 2.26. The number of amides is 1. The first kappa shape index (κ1) is 20.8. The summed E-state index contributed by atoms with van der Waals surface area (Å²) in [5.74, 6) is 3.08. The van der Waals surface area contributed by atoms with Crippen molar-refractivity contribution >= 4 is 18.3 Å². The molecule has 1 aromatic carbocycles. The standard InChI is InChI=1S/C23H32N2O3.ClH/c1-3-27-21-9-15-8-14(2)28-20(15)11-18(21)17-10-19(17)25-22(26)23-7-5-4-6-16(23)12-24-13-23;/h9,11,14,16-17,19,24H,3-8,10,12-13H2,1-2H3,(H,25,26);1H/t14?,16-,17?,19?,23+;/m0./s1. The molecular weight excluding hydrogens is 388 g/mol. The van der Waals surface area contributed by atoms with E-state index < -0.39 is 0 Å². The quantitative estimate of drug-likeness (QED) is 0.764. The molecule has 0 radical (unpaired) electrons. The highest BCUT2D eigenvalue weighted by molar-refractivity contribution is 5.85. The minimum Gasteiger partial charge on any atom is -0.494 e. The number of nitrogens with one attached hydrogen (secondary N) is 2. The summed E-state index contributed by atoms with van der Waals surface area (Å²) in [4.78, 5) is 13.3. The van der Waals surface area contributed by atoms with Gasteiger partial charge in [-0.25, -0.2) is 0 Å². The van der Waals surface area contributed by atoms with E-state index >= 15 is 0 Å². The zero-order chi connectivity index (χ0) is 19.3. The molecular formula is C23H33ClN2O3. The third kappa shape index (κ3) is 3.61. The van der Waals surface area contributed by atoms with Crippen LogP contribution in [0.5, 0.6) is 11.5 Å². The van der Waals surface area contributed by atoms with Gasteiger partial charge in [0.15, 0.2) is 0 Å². The first-order valence-electron chi connectivity index (χ1n) is 11.1. The van der Waals surface area contributed by atoms with Crippen LogP contribution in [0.4, 0.5) is 0 Å². The van der Waals surface area contributed by atoms with E-state index in [1.807, 2.05) is 6.92 Å². The van der Waals surface area contributed by atoms with Crippen LogP contribution in [0, 0.1) is 11.3 Å². The summed E-state index contributed by atoms with van der Waals surface area (Å²) in [6, 6.07) is 4.55. The Morgan fingerprint density at radius 3 is 3.07 bits per heavy atom. The normalized spacial score (nSPS) is 34.4. The van der Waals surface area contributed by atoms with Crippen molar-refractivity contribution in [1.29, 1.82) is 0 Å². The minimum absolute atomic E-state index is 0. The second kappa shape index (κ2) is 7.99. The van der Waals surface area contributed by atoms with Crippen molar-refractivity contribution < 1.29 is 14.3 Å². The number of hydrogen-bond acceptors (Lipinski definition) is 4. The SMILES string of the molecule is CCOc1cc2c(cc1C1CC1NC(=O)[C@@]13CCCC[C@H]1CNC3)OC(C)C2.Cl. The fraction of sp³-hybridized carbons (Fsp3) is 0.696. The summed E-state index contributed by atoms with van der Waals surface area (Å²) in [6.07, 6.45) is 6.82. The molecule has 2 N–H and O–H groups in total. The van der Waals surface area contributed by atoms with Crippen LogP contribution in [0.15, 0.2) is 12.1 Å². The number of carbonyl (C=O) groups is 1. The first-order valence-corrected chi connectivity index (χ1v) is 11.1. The van der Waals surface area contributed by atoms with E-state index in [1.165, 1.54) is 30.4 Å². The maximum atomic E-state index is 13.3. The van der Waals surface area contributed by atoms with E-state index in [1.54, 1.807) is 0 Å². The Morgan fingerprint density at radius 2 is 2.24 bits per heavy atom. The summed E-state index contributed by atoms with van der Waals surface area (Å²) < 4.78 is 11.9. The molecule has 3 fully saturated rings. The lowest BCUT2D eigenvalue weighted by molar-refractivity contribution is -0.134. The van der Waals surface area contributed by atoms with Crippen LogP contribution < -0.4 is 20.1 Å². The predicted octanol–water partition coefficient (Wildman–Crippen LogP) is 3.58. The highest BCUT2D eigenvalue weighted by Crippen LogP contribution is 2.50. The van der Waals surface area contributed by atoms with Gasteiger partial charge in [0.05, 0.1) is 12.0 Å². The Kier molecular flexibility index (Phi) is 5.73. The molecule has 4 aliphatic rings. The lowest BCUT2D eigenvalue weighted by Crippen LogP contribution is -2.48. The van der Waals surface area contributed by atoms with Crippen molar-refractivity contribution in [2.45, 2.75) is 70.4 Å². The molecule has 0 spiro atoms. The van der Waals surface area contributed by atoms with Crippen LogP contribution in [0.3, 0.4) is 0 Å². The number of ether oxygens (including phenoxy) is 2. The van der Waals surface area contributed by atoms with Gasteiger partial charge >= 0.3 is 0 Å². The van der Waals surface area contributed by atoms with Crippen LogP contribution in [-0.2, 0) is 11.2 Å². The van der Waals surface area contributed by atoms with Crippen LogP contribution in [0.1, 0.15) is 63.0 Å². The van der Waals surface area contributed by atoms with Crippen molar-refractivity contribution in [1.82, 2.24) is 10.6 Å². The van der Waals surface area contributed by atoms with Crippen LogP contribution >= 0.6 is 12.4 Å². The lowest BCUT2D eigenvalue weighted by atomic mass is 9.67. The van der Waals surface area contributed by atoms with E-state index in [9.17, 15) is 4.79 Å². The third-order valence-electron chi connectivity index (χ3n) is 7.33. The van der Waals surface area contributed by atoms with Gasteiger partial charge in [0.2, 0.25) is 5.91 Å². The van der Waals surface area contributed by atoms with Gasteiger partial charge < -0.3 is 20.1 Å². The Balaban J connectivity index is 0.00000205. The van der Waals surface area contributed by atoms with Crippen molar-refractivity contribution in [2.24, 2.45) is 11.3 Å². The summed E-state index contributed by atoms with van der Waals surface area (Å²) in [6.45, 7) is 6.63. The molecule has 160 valence electrons. The van der Waals surface area contributed by atoms with Crippen LogP contribution in [0.2, 0.25) is 0 Å². The van der Waals surface area contributed by atoms with Crippen LogP contribution in [0.25, 0.3) is 0 Å². The third-order valence-corrected chi connectivity index (χ3v) is 7.33. The number of rotatable bonds is 5. The van der Waals surface area contributed by atoms with Crippen molar-refractivity contribution in [2.75, 3.05) is 19.7 Å². The molecule has 5 rings (SSSR count). The molecule has 2 aliphatic carbocycles. The predicted molar refractivity (Wildman–Crippen MR) is 115 cm³/mol. The van der Waals surface area contributed by atoms with E-state index in [0.717, 1.165) is 43.9 Å². The van der Waals surface area contributed by atoms with Gasteiger partial charge in [0, 0.05) is 36.1 Å². The Morgan fingerprint density at radius 1 is 1.38 bits per heavy atom. The Hall–Kier alpha value is -1.46. The van der Waals surface area contributed by atoms with E-state index in [-0.39, 0.29) is 35.9 Å². The number of benzene rings is 1. The lowest BCUT2D eigenvalue weighted by Gasteiger charge is -2.37. The van der Waals surface area contributed by atoms with Gasteiger partial charge in [-0.2, -0.15) is 0 Å². The highest BCUT2D eigenvalue weighted by Gasteiger charge is 2.52. The molecule has 1 aromatic rings. The summed E-state index contributed by atoms with van der Waals surface area (Å²) >= 11 is 0. The molecule has 0 bridgehead atoms. The fourth-order valence-corrected chi connectivity index (χ4v) is 5.73. The van der Waals surface area contributed by atoms with E-state index in [4.69, 9.17) is 9.47 Å². The van der Waals surface area contributed by atoms with Gasteiger partial charge in [-0.1, -0.05) is 12.8 Å².